The highest BCUT2D eigenvalue weighted by atomic mass is 16.5. The molecule has 0 fully saturated rings. The quantitative estimate of drug-likeness (QED) is 0.339. The lowest BCUT2D eigenvalue weighted by atomic mass is 9.88. The van der Waals surface area contributed by atoms with Gasteiger partial charge in [-0.15, -0.1) is 0 Å². The number of ether oxygens (including phenoxy) is 1. The fourth-order valence-electron chi connectivity index (χ4n) is 4.43. The van der Waals surface area contributed by atoms with Crippen LogP contribution in [0.2, 0.25) is 0 Å². The largest absolute Gasteiger partial charge is 0.497 e. The van der Waals surface area contributed by atoms with Crippen molar-refractivity contribution in [2.45, 2.75) is 19.3 Å². The van der Waals surface area contributed by atoms with Crippen molar-refractivity contribution >= 4 is 44.0 Å². The van der Waals surface area contributed by atoms with Crippen LogP contribution in [-0.2, 0) is 6.42 Å². The number of carbonyl (C=O) groups excluding carboxylic acids is 1. The molecule has 0 N–H and O–H groups in total. The summed E-state index contributed by atoms with van der Waals surface area (Å²) in [5, 5.41) is 3.04. The first kappa shape index (κ1) is 14.0. The Hall–Kier alpha value is -3.21. The Morgan fingerprint density at radius 2 is 1.96 bits per heavy atom. The van der Waals surface area contributed by atoms with Gasteiger partial charge in [0.1, 0.15) is 12.1 Å². The second kappa shape index (κ2) is 4.69. The van der Waals surface area contributed by atoms with Gasteiger partial charge in [0.25, 0.3) is 0 Å². The summed E-state index contributed by atoms with van der Waals surface area (Å²) >= 11 is 0. The molecular formula is C21H15N3O2. The highest BCUT2D eigenvalue weighted by molar-refractivity contribution is 6.28. The summed E-state index contributed by atoms with van der Waals surface area (Å²) in [6.45, 7) is 0. The van der Waals surface area contributed by atoms with Crippen LogP contribution in [0.5, 0.6) is 5.75 Å². The van der Waals surface area contributed by atoms with E-state index >= 15 is 0 Å². The van der Waals surface area contributed by atoms with E-state index in [4.69, 9.17) is 9.72 Å². The maximum atomic E-state index is 12.9. The second-order valence-corrected chi connectivity index (χ2v) is 6.91. The fraction of sp³-hybridized carbons (Fsp3) is 0.190. The highest BCUT2D eigenvalue weighted by Gasteiger charge is 2.26. The summed E-state index contributed by atoms with van der Waals surface area (Å²) in [5.41, 5.74) is 5.62. The van der Waals surface area contributed by atoms with Crippen molar-refractivity contribution < 1.29 is 9.53 Å². The first-order valence-corrected chi connectivity index (χ1v) is 8.81. The lowest BCUT2D eigenvalue weighted by molar-refractivity contribution is 0.0973. The van der Waals surface area contributed by atoms with Gasteiger partial charge in [0.15, 0.2) is 5.78 Å². The van der Waals surface area contributed by atoms with E-state index in [1.165, 1.54) is 0 Å². The summed E-state index contributed by atoms with van der Waals surface area (Å²) in [6, 6.07) is 10.0. The minimum atomic E-state index is 0.189. The molecule has 3 aromatic heterocycles. The summed E-state index contributed by atoms with van der Waals surface area (Å²) in [7, 11) is 1.66. The third-order valence-electron chi connectivity index (χ3n) is 5.56. The second-order valence-electron chi connectivity index (χ2n) is 6.91. The van der Waals surface area contributed by atoms with Crippen LogP contribution in [0.1, 0.15) is 28.9 Å². The van der Waals surface area contributed by atoms with Gasteiger partial charge < -0.3 is 4.74 Å². The van der Waals surface area contributed by atoms with Gasteiger partial charge in [0.2, 0.25) is 0 Å². The van der Waals surface area contributed by atoms with Crippen molar-refractivity contribution in [2.75, 3.05) is 7.11 Å². The van der Waals surface area contributed by atoms with Gasteiger partial charge in [-0.25, -0.2) is 4.98 Å². The molecule has 1 aliphatic rings. The zero-order valence-electron chi connectivity index (χ0n) is 14.2. The number of methoxy groups -OCH3 is 1. The molecule has 5 nitrogen and oxygen atoms in total. The zero-order chi connectivity index (χ0) is 17.4. The molecule has 0 saturated carbocycles. The molecule has 0 atom stereocenters. The maximum absolute atomic E-state index is 12.9. The molecule has 0 amide bonds. The lowest BCUT2D eigenvalue weighted by Gasteiger charge is -2.20. The molecule has 126 valence electrons. The normalized spacial score (nSPS) is 14.7. The van der Waals surface area contributed by atoms with Crippen LogP contribution in [0.15, 0.2) is 36.7 Å². The van der Waals surface area contributed by atoms with Crippen LogP contribution >= 0.6 is 0 Å². The average molecular weight is 341 g/mol. The number of fused-ring (bicyclic) bond motifs is 5. The van der Waals surface area contributed by atoms with Crippen LogP contribution in [0.4, 0.5) is 0 Å². The monoisotopic (exact) mass is 341 g/mol. The number of ketones is 1. The molecular weight excluding hydrogens is 326 g/mol. The van der Waals surface area contributed by atoms with Crippen LogP contribution in [0.3, 0.4) is 0 Å². The van der Waals surface area contributed by atoms with E-state index in [-0.39, 0.29) is 5.78 Å². The number of imidazole rings is 1. The number of nitrogens with zero attached hydrogens (tertiary/aromatic N) is 3. The summed E-state index contributed by atoms with van der Waals surface area (Å²) in [6.07, 6.45) is 4.15. The number of rotatable bonds is 1. The van der Waals surface area contributed by atoms with Crippen molar-refractivity contribution in [1.82, 2.24) is 14.4 Å². The summed E-state index contributed by atoms with van der Waals surface area (Å²) < 4.78 is 7.56. The first-order chi connectivity index (χ1) is 12.8. The Labute approximate surface area is 148 Å². The Kier molecular flexibility index (Phi) is 2.53. The number of carbonyl (C=O) groups is 1. The first-order valence-electron chi connectivity index (χ1n) is 8.81. The minimum absolute atomic E-state index is 0.189. The van der Waals surface area contributed by atoms with Gasteiger partial charge in [-0.1, -0.05) is 0 Å². The minimum Gasteiger partial charge on any atom is -0.497 e. The SMILES string of the molecule is COc1ccc2c(c1)c1c3c(nc4ccc5ncn2c5c41)CCCC3=O. The highest BCUT2D eigenvalue weighted by Crippen LogP contribution is 2.40. The van der Waals surface area contributed by atoms with Crippen molar-refractivity contribution in [3.05, 3.63) is 47.9 Å². The van der Waals surface area contributed by atoms with E-state index in [0.29, 0.717) is 6.42 Å². The lowest BCUT2D eigenvalue weighted by Crippen LogP contribution is -2.14. The van der Waals surface area contributed by atoms with Crippen molar-refractivity contribution in [1.29, 1.82) is 0 Å². The third kappa shape index (κ3) is 1.58. The van der Waals surface area contributed by atoms with Gasteiger partial charge in [0, 0.05) is 28.1 Å². The van der Waals surface area contributed by atoms with Gasteiger partial charge >= 0.3 is 0 Å². The molecule has 0 spiro atoms. The predicted molar refractivity (Wildman–Crippen MR) is 101 cm³/mol. The van der Waals surface area contributed by atoms with Crippen molar-refractivity contribution in [2.24, 2.45) is 0 Å². The van der Waals surface area contributed by atoms with Gasteiger partial charge in [-0.2, -0.15) is 0 Å². The fourth-order valence-corrected chi connectivity index (χ4v) is 4.43. The molecule has 1 aliphatic carbocycles. The van der Waals surface area contributed by atoms with Crippen LogP contribution in [0.25, 0.3) is 38.2 Å². The van der Waals surface area contributed by atoms with E-state index in [1.54, 1.807) is 7.11 Å². The van der Waals surface area contributed by atoms with Gasteiger partial charge in [-0.05, 0) is 43.2 Å². The predicted octanol–water partition coefficient (Wildman–Crippen LogP) is 4.15. The molecule has 5 aromatic rings. The number of aryl methyl sites for hydroxylation is 1. The smallest absolute Gasteiger partial charge is 0.165 e. The molecule has 26 heavy (non-hydrogen) atoms. The van der Waals surface area contributed by atoms with Gasteiger partial charge in [-0.3, -0.25) is 14.2 Å². The maximum Gasteiger partial charge on any atom is 0.165 e. The standard InChI is InChI=1S/C21H15N3O2/c1-26-11-5-8-16-12(9-11)18-19-13(3-2-4-17(19)25)23-14-6-7-15-21(20(14)18)24(16)10-22-15/h5-10H,2-4H2,1H3. The van der Waals surface area contributed by atoms with Crippen LogP contribution in [-0.4, -0.2) is 27.3 Å². The zero-order valence-corrected chi connectivity index (χ0v) is 14.2. The van der Waals surface area contributed by atoms with E-state index in [0.717, 1.165) is 68.1 Å². The van der Waals surface area contributed by atoms with E-state index in [9.17, 15) is 4.79 Å². The van der Waals surface area contributed by atoms with E-state index in [1.807, 2.05) is 36.7 Å². The Morgan fingerprint density at radius 1 is 1.08 bits per heavy atom. The van der Waals surface area contributed by atoms with Gasteiger partial charge in [0.05, 0.1) is 34.9 Å². The number of benzene rings is 2. The topological polar surface area (TPSA) is 56.5 Å². The van der Waals surface area contributed by atoms with Crippen molar-refractivity contribution in [3.8, 4) is 5.75 Å². The molecule has 0 radical (unpaired) electrons. The number of pyridine rings is 2. The summed E-state index contributed by atoms with van der Waals surface area (Å²) in [4.78, 5) is 22.3. The summed E-state index contributed by atoms with van der Waals surface area (Å²) in [5.74, 6) is 0.968. The Morgan fingerprint density at radius 3 is 2.85 bits per heavy atom. The van der Waals surface area contributed by atoms with Crippen molar-refractivity contribution in [3.63, 3.8) is 0 Å². The molecule has 0 unspecified atom stereocenters. The van der Waals surface area contributed by atoms with Crippen LogP contribution in [0, 0.1) is 0 Å². The Balaban J connectivity index is 2.00. The average Bonchev–Trinajstić information content (AvgIpc) is 3.11. The molecule has 6 rings (SSSR count). The molecule has 0 saturated heterocycles. The number of hydrogen-bond donors (Lipinski definition) is 0. The molecule has 5 heteroatoms. The molecule has 0 aliphatic heterocycles. The number of hydrogen-bond acceptors (Lipinski definition) is 4. The van der Waals surface area contributed by atoms with Crippen LogP contribution < -0.4 is 4.74 Å². The number of Topliss-reactive ketones (excluding diaryl/α,β-unsaturated/α-hetero) is 1. The molecule has 0 bridgehead atoms. The van der Waals surface area contributed by atoms with E-state index < -0.39 is 0 Å². The third-order valence-corrected chi connectivity index (χ3v) is 5.56. The number of aromatic nitrogens is 3. The van der Waals surface area contributed by atoms with E-state index in [2.05, 4.69) is 9.38 Å². The Bertz CT molecular complexity index is 1370. The molecule has 3 heterocycles. The molecule has 2 aromatic carbocycles.